The Balaban J connectivity index is 1.79. The number of rotatable bonds is 10. The SMILES string of the molecule is COc1ccc(/C=C\c2cc(OC)c(OC)c(OC)c2)cc1N/C=C\C(=O)c1ccc(O)cc1. The van der Waals surface area contributed by atoms with E-state index in [9.17, 15) is 9.90 Å². The number of carbonyl (C=O) groups is 1. The molecule has 3 aromatic carbocycles. The lowest BCUT2D eigenvalue weighted by Gasteiger charge is -2.13. The molecule has 0 aliphatic carbocycles. The molecule has 2 N–H and O–H groups in total. The quantitative estimate of drug-likeness (QED) is 0.237. The smallest absolute Gasteiger partial charge is 0.203 e. The average Bonchev–Trinajstić information content (AvgIpc) is 2.87. The lowest BCUT2D eigenvalue weighted by Crippen LogP contribution is -1.97. The summed E-state index contributed by atoms with van der Waals surface area (Å²) in [5, 5.41) is 12.5. The Hall–Kier alpha value is -4.39. The van der Waals surface area contributed by atoms with Crippen molar-refractivity contribution < 1.29 is 28.8 Å². The van der Waals surface area contributed by atoms with Gasteiger partial charge in [0, 0.05) is 17.8 Å². The fourth-order valence-electron chi connectivity index (χ4n) is 3.26. The number of phenolic OH excluding ortho intramolecular Hbond substituents is 1. The van der Waals surface area contributed by atoms with Gasteiger partial charge in [-0.1, -0.05) is 18.2 Å². The summed E-state index contributed by atoms with van der Waals surface area (Å²) in [6.45, 7) is 0. The number of anilines is 1. The molecule has 3 rings (SSSR count). The third-order valence-electron chi connectivity index (χ3n) is 5.00. The van der Waals surface area contributed by atoms with E-state index in [1.54, 1.807) is 46.8 Å². The van der Waals surface area contributed by atoms with Gasteiger partial charge in [-0.05, 0) is 59.7 Å². The largest absolute Gasteiger partial charge is 0.508 e. The van der Waals surface area contributed by atoms with Crippen LogP contribution in [0.15, 0.2) is 66.9 Å². The van der Waals surface area contributed by atoms with Crippen molar-refractivity contribution >= 4 is 23.6 Å². The second-order valence-corrected chi connectivity index (χ2v) is 7.14. The number of benzene rings is 3. The summed E-state index contributed by atoms with van der Waals surface area (Å²) in [6, 6.07) is 15.5. The van der Waals surface area contributed by atoms with Crippen LogP contribution in [0.4, 0.5) is 5.69 Å². The minimum Gasteiger partial charge on any atom is -0.508 e. The molecule has 0 radical (unpaired) electrons. The molecule has 0 aliphatic heterocycles. The van der Waals surface area contributed by atoms with Crippen LogP contribution in [0.3, 0.4) is 0 Å². The molecular weight excluding hydrogens is 434 g/mol. The minimum absolute atomic E-state index is 0.111. The molecule has 0 amide bonds. The number of ketones is 1. The third kappa shape index (κ3) is 5.89. The van der Waals surface area contributed by atoms with Gasteiger partial charge in [0.05, 0.1) is 34.1 Å². The number of aromatic hydroxyl groups is 1. The van der Waals surface area contributed by atoms with Crippen LogP contribution in [-0.2, 0) is 0 Å². The maximum atomic E-state index is 12.3. The first-order valence-electron chi connectivity index (χ1n) is 10.4. The van der Waals surface area contributed by atoms with Gasteiger partial charge >= 0.3 is 0 Å². The van der Waals surface area contributed by atoms with E-state index in [0.717, 1.165) is 11.1 Å². The predicted octanol–water partition coefficient (Wildman–Crippen LogP) is 5.41. The number of ether oxygens (including phenoxy) is 4. The van der Waals surface area contributed by atoms with Crippen molar-refractivity contribution in [1.82, 2.24) is 0 Å². The first kappa shape index (κ1) is 24.3. The Kier molecular flexibility index (Phi) is 8.18. The molecule has 0 bridgehead atoms. The molecule has 0 saturated carbocycles. The van der Waals surface area contributed by atoms with Gasteiger partial charge in [0.15, 0.2) is 17.3 Å². The summed E-state index contributed by atoms with van der Waals surface area (Å²) in [7, 11) is 6.30. The van der Waals surface area contributed by atoms with E-state index in [-0.39, 0.29) is 11.5 Å². The Morgan fingerprint density at radius 2 is 1.38 bits per heavy atom. The maximum Gasteiger partial charge on any atom is 0.203 e. The highest BCUT2D eigenvalue weighted by Gasteiger charge is 2.12. The molecule has 0 fully saturated rings. The van der Waals surface area contributed by atoms with Gasteiger partial charge in [-0.15, -0.1) is 0 Å². The van der Waals surface area contributed by atoms with Crippen LogP contribution in [-0.4, -0.2) is 39.3 Å². The normalized spacial score (nSPS) is 10.9. The summed E-state index contributed by atoms with van der Waals surface area (Å²) in [5.41, 5.74) is 2.96. The van der Waals surface area contributed by atoms with Gasteiger partial charge in [-0.2, -0.15) is 0 Å². The minimum atomic E-state index is -0.190. The van der Waals surface area contributed by atoms with E-state index >= 15 is 0 Å². The Morgan fingerprint density at radius 1 is 0.765 bits per heavy atom. The summed E-state index contributed by atoms with van der Waals surface area (Å²) in [5.74, 6) is 2.23. The fraction of sp³-hybridized carbons (Fsp3) is 0.148. The first-order chi connectivity index (χ1) is 16.5. The molecule has 7 heteroatoms. The molecule has 0 aromatic heterocycles. The van der Waals surface area contributed by atoms with Gasteiger partial charge in [0.1, 0.15) is 11.5 Å². The highest BCUT2D eigenvalue weighted by molar-refractivity contribution is 6.04. The lowest BCUT2D eigenvalue weighted by molar-refractivity contribution is 0.104. The van der Waals surface area contributed by atoms with Crippen molar-refractivity contribution in [2.24, 2.45) is 0 Å². The van der Waals surface area contributed by atoms with E-state index in [2.05, 4.69) is 5.32 Å². The van der Waals surface area contributed by atoms with Gasteiger partial charge in [0.25, 0.3) is 0 Å². The standard InChI is InChI=1S/C27H27NO6/c1-31-24-12-7-18(5-6-19-16-25(32-2)27(34-4)26(17-19)33-3)15-22(24)28-14-13-23(30)20-8-10-21(29)11-9-20/h5-17,28-29H,1-4H3/b6-5-,14-13-. The molecule has 0 unspecified atom stereocenters. The number of hydrogen-bond donors (Lipinski definition) is 2. The van der Waals surface area contributed by atoms with Crippen LogP contribution >= 0.6 is 0 Å². The third-order valence-corrected chi connectivity index (χ3v) is 5.00. The Bertz CT molecular complexity index is 1170. The lowest BCUT2D eigenvalue weighted by atomic mass is 10.1. The van der Waals surface area contributed by atoms with Crippen LogP contribution in [0.1, 0.15) is 21.5 Å². The number of methoxy groups -OCH3 is 4. The van der Waals surface area contributed by atoms with E-state index in [4.69, 9.17) is 18.9 Å². The van der Waals surface area contributed by atoms with Gasteiger partial charge in [-0.3, -0.25) is 4.79 Å². The highest BCUT2D eigenvalue weighted by Crippen LogP contribution is 2.38. The van der Waals surface area contributed by atoms with Crippen LogP contribution < -0.4 is 24.3 Å². The van der Waals surface area contributed by atoms with Crippen molar-refractivity contribution in [1.29, 1.82) is 0 Å². The molecule has 0 saturated heterocycles. The zero-order valence-electron chi connectivity index (χ0n) is 19.5. The van der Waals surface area contributed by atoms with E-state index < -0.39 is 0 Å². The van der Waals surface area contributed by atoms with Crippen LogP contribution in [0.2, 0.25) is 0 Å². The zero-order chi connectivity index (χ0) is 24.5. The van der Waals surface area contributed by atoms with Crippen molar-refractivity contribution in [2.45, 2.75) is 0 Å². The van der Waals surface area contributed by atoms with Crippen molar-refractivity contribution in [3.8, 4) is 28.7 Å². The molecule has 0 spiro atoms. The molecule has 7 nitrogen and oxygen atoms in total. The molecule has 0 heterocycles. The van der Waals surface area contributed by atoms with Gasteiger partial charge in [-0.25, -0.2) is 0 Å². The second-order valence-electron chi connectivity index (χ2n) is 7.14. The predicted molar refractivity (Wildman–Crippen MR) is 133 cm³/mol. The zero-order valence-corrected chi connectivity index (χ0v) is 19.5. The van der Waals surface area contributed by atoms with Crippen LogP contribution in [0.25, 0.3) is 12.2 Å². The van der Waals surface area contributed by atoms with Crippen molar-refractivity contribution in [3.63, 3.8) is 0 Å². The number of hydrogen-bond acceptors (Lipinski definition) is 7. The molecule has 34 heavy (non-hydrogen) atoms. The molecular formula is C27H27NO6. The number of carbonyl (C=O) groups excluding carboxylic acids is 1. The molecule has 0 atom stereocenters. The molecule has 0 aliphatic rings. The van der Waals surface area contributed by atoms with E-state index in [1.807, 2.05) is 42.5 Å². The Labute approximate surface area is 198 Å². The molecule has 176 valence electrons. The number of nitrogens with one attached hydrogen (secondary N) is 1. The van der Waals surface area contributed by atoms with Crippen LogP contribution in [0.5, 0.6) is 28.7 Å². The van der Waals surface area contributed by atoms with Gasteiger partial charge in [0.2, 0.25) is 5.75 Å². The van der Waals surface area contributed by atoms with E-state index in [0.29, 0.717) is 34.2 Å². The summed E-state index contributed by atoms with van der Waals surface area (Å²) < 4.78 is 21.6. The second kappa shape index (κ2) is 11.5. The van der Waals surface area contributed by atoms with Crippen LogP contribution in [0, 0.1) is 0 Å². The maximum absolute atomic E-state index is 12.3. The first-order valence-corrected chi connectivity index (χ1v) is 10.4. The summed E-state index contributed by atoms with van der Waals surface area (Å²) >= 11 is 0. The molecule has 3 aromatic rings. The van der Waals surface area contributed by atoms with Crippen molar-refractivity contribution in [2.75, 3.05) is 33.8 Å². The number of phenols is 1. The monoisotopic (exact) mass is 461 g/mol. The Morgan fingerprint density at radius 3 is 1.97 bits per heavy atom. The van der Waals surface area contributed by atoms with E-state index in [1.165, 1.54) is 18.2 Å². The summed E-state index contributed by atoms with van der Waals surface area (Å²) in [6.07, 6.45) is 6.85. The van der Waals surface area contributed by atoms with Crippen molar-refractivity contribution in [3.05, 3.63) is 83.6 Å². The van der Waals surface area contributed by atoms with Gasteiger partial charge < -0.3 is 29.4 Å². The average molecular weight is 462 g/mol. The summed E-state index contributed by atoms with van der Waals surface area (Å²) in [4.78, 5) is 12.3. The highest BCUT2D eigenvalue weighted by atomic mass is 16.5. The fourth-order valence-corrected chi connectivity index (χ4v) is 3.26. The number of allylic oxidation sites excluding steroid dienone is 1. The topological polar surface area (TPSA) is 86.3 Å².